The Bertz CT molecular complexity index is 138. The summed E-state index contributed by atoms with van der Waals surface area (Å²) in [5.74, 6) is 0. The van der Waals surface area contributed by atoms with E-state index in [9.17, 15) is 5.11 Å². The van der Waals surface area contributed by atoms with Gasteiger partial charge in [-0.2, -0.15) is 0 Å². The first-order valence-corrected chi connectivity index (χ1v) is 5.08. The Labute approximate surface area is 82.5 Å². The van der Waals surface area contributed by atoms with Crippen molar-refractivity contribution < 1.29 is 5.11 Å². The molecular formula is C8H16INO. The summed E-state index contributed by atoms with van der Waals surface area (Å²) in [5.41, 5.74) is 0.111. The minimum absolute atomic E-state index is 0.111. The molecule has 2 nitrogen and oxygen atoms in total. The van der Waals surface area contributed by atoms with Crippen LogP contribution in [0.2, 0.25) is 0 Å². The molecule has 0 bridgehead atoms. The van der Waals surface area contributed by atoms with Gasteiger partial charge >= 0.3 is 0 Å². The smallest absolute Gasteiger partial charge is 0.0604 e. The van der Waals surface area contributed by atoms with Gasteiger partial charge in [-0.3, -0.25) is 0 Å². The van der Waals surface area contributed by atoms with E-state index in [0.29, 0.717) is 0 Å². The maximum Gasteiger partial charge on any atom is 0.0604 e. The van der Waals surface area contributed by atoms with Crippen molar-refractivity contribution in [2.75, 3.05) is 13.1 Å². The Morgan fingerprint density at radius 2 is 2.09 bits per heavy atom. The molecule has 1 fully saturated rings. The quantitative estimate of drug-likeness (QED) is 0.535. The molecule has 0 spiro atoms. The van der Waals surface area contributed by atoms with Gasteiger partial charge in [0.15, 0.2) is 0 Å². The second-order valence-electron chi connectivity index (χ2n) is 3.95. The van der Waals surface area contributed by atoms with Crippen LogP contribution in [0, 0.1) is 5.41 Å². The van der Waals surface area contributed by atoms with E-state index in [0.717, 1.165) is 25.9 Å². The molecule has 0 aromatic carbocycles. The molecule has 0 radical (unpaired) electrons. The maximum absolute atomic E-state index is 9.70. The van der Waals surface area contributed by atoms with E-state index in [-0.39, 0.29) is 11.5 Å². The van der Waals surface area contributed by atoms with Crippen molar-refractivity contribution >= 4 is 22.9 Å². The van der Waals surface area contributed by atoms with Crippen molar-refractivity contribution in [2.45, 2.75) is 32.8 Å². The van der Waals surface area contributed by atoms with Crippen molar-refractivity contribution in [1.82, 2.24) is 3.11 Å². The van der Waals surface area contributed by atoms with E-state index >= 15 is 0 Å². The monoisotopic (exact) mass is 269 g/mol. The van der Waals surface area contributed by atoms with Gasteiger partial charge in [0.25, 0.3) is 0 Å². The molecule has 1 atom stereocenters. The zero-order chi connectivity index (χ0) is 8.48. The van der Waals surface area contributed by atoms with Crippen molar-refractivity contribution in [3.63, 3.8) is 0 Å². The first-order chi connectivity index (χ1) is 5.02. The van der Waals surface area contributed by atoms with Crippen LogP contribution >= 0.6 is 22.9 Å². The summed E-state index contributed by atoms with van der Waals surface area (Å²) in [5, 5.41) is 9.70. The fourth-order valence-electron chi connectivity index (χ4n) is 1.34. The van der Waals surface area contributed by atoms with Crippen LogP contribution in [0.15, 0.2) is 0 Å². The lowest BCUT2D eigenvalue weighted by Gasteiger charge is -2.27. The Hall–Kier alpha value is 0.650. The standard InChI is InChI=1S/C8H16INO/c1-8(2)4-6-10(9)5-3-7(8)11/h7,11H,3-6H2,1-2H3. The van der Waals surface area contributed by atoms with Crippen LogP contribution in [-0.2, 0) is 0 Å². The van der Waals surface area contributed by atoms with Gasteiger partial charge in [0, 0.05) is 36.0 Å². The van der Waals surface area contributed by atoms with Crippen LogP contribution in [0.5, 0.6) is 0 Å². The molecule has 66 valence electrons. The van der Waals surface area contributed by atoms with E-state index in [1.54, 1.807) is 0 Å². The first kappa shape index (κ1) is 9.74. The number of nitrogens with zero attached hydrogens (tertiary/aromatic N) is 1. The topological polar surface area (TPSA) is 23.5 Å². The normalized spacial score (nSPS) is 33.3. The van der Waals surface area contributed by atoms with E-state index < -0.39 is 0 Å². The zero-order valence-electron chi connectivity index (χ0n) is 7.18. The molecule has 0 aromatic heterocycles. The predicted molar refractivity (Wildman–Crippen MR) is 54.6 cm³/mol. The van der Waals surface area contributed by atoms with Gasteiger partial charge in [0.05, 0.1) is 6.10 Å². The van der Waals surface area contributed by atoms with Crippen molar-refractivity contribution in [2.24, 2.45) is 5.41 Å². The van der Waals surface area contributed by atoms with Crippen LogP contribution in [0.25, 0.3) is 0 Å². The molecule has 1 rings (SSSR count). The molecule has 1 saturated heterocycles. The summed E-state index contributed by atoms with van der Waals surface area (Å²) in [7, 11) is 0. The second kappa shape index (κ2) is 3.58. The van der Waals surface area contributed by atoms with E-state index in [4.69, 9.17) is 0 Å². The summed E-state index contributed by atoms with van der Waals surface area (Å²) in [6, 6.07) is 0. The summed E-state index contributed by atoms with van der Waals surface area (Å²) in [6.45, 7) is 6.41. The van der Waals surface area contributed by atoms with Gasteiger partial charge in [-0.05, 0) is 18.3 Å². The van der Waals surface area contributed by atoms with E-state index in [2.05, 4.69) is 39.8 Å². The Balaban J connectivity index is 2.56. The van der Waals surface area contributed by atoms with Gasteiger partial charge in [-0.15, -0.1) is 0 Å². The van der Waals surface area contributed by atoms with Gasteiger partial charge in [-0.1, -0.05) is 13.8 Å². The Morgan fingerprint density at radius 3 is 2.73 bits per heavy atom. The number of aliphatic hydroxyl groups is 1. The highest BCUT2D eigenvalue weighted by Gasteiger charge is 2.30. The minimum atomic E-state index is -0.123. The molecule has 1 aliphatic heterocycles. The molecule has 0 amide bonds. The van der Waals surface area contributed by atoms with Gasteiger partial charge in [0.2, 0.25) is 0 Å². The van der Waals surface area contributed by atoms with Gasteiger partial charge in [-0.25, -0.2) is 3.11 Å². The van der Waals surface area contributed by atoms with Crippen molar-refractivity contribution in [3.05, 3.63) is 0 Å². The van der Waals surface area contributed by atoms with Gasteiger partial charge < -0.3 is 5.11 Å². The third kappa shape index (κ3) is 2.56. The minimum Gasteiger partial charge on any atom is -0.393 e. The third-order valence-electron chi connectivity index (χ3n) is 2.55. The average Bonchev–Trinajstić information content (AvgIpc) is 2.03. The van der Waals surface area contributed by atoms with Crippen molar-refractivity contribution in [1.29, 1.82) is 0 Å². The highest BCUT2D eigenvalue weighted by atomic mass is 127. The molecule has 0 aliphatic carbocycles. The lowest BCUT2D eigenvalue weighted by Crippen LogP contribution is -2.28. The number of hydrogen-bond acceptors (Lipinski definition) is 2. The van der Waals surface area contributed by atoms with Crippen molar-refractivity contribution in [3.8, 4) is 0 Å². The summed E-state index contributed by atoms with van der Waals surface area (Å²) >= 11 is 2.33. The van der Waals surface area contributed by atoms with Gasteiger partial charge in [0.1, 0.15) is 0 Å². The second-order valence-corrected chi connectivity index (χ2v) is 5.32. The molecule has 11 heavy (non-hydrogen) atoms. The fourth-order valence-corrected chi connectivity index (χ4v) is 1.86. The fraction of sp³-hybridized carbons (Fsp3) is 1.00. The van der Waals surface area contributed by atoms with E-state index in [1.807, 2.05) is 0 Å². The molecule has 3 heteroatoms. The highest BCUT2D eigenvalue weighted by molar-refractivity contribution is 14.1. The molecule has 1 unspecified atom stereocenters. The van der Waals surface area contributed by atoms with Crippen LogP contribution < -0.4 is 0 Å². The lowest BCUT2D eigenvalue weighted by atomic mass is 9.83. The Kier molecular flexibility index (Phi) is 3.17. The largest absolute Gasteiger partial charge is 0.393 e. The summed E-state index contributed by atoms with van der Waals surface area (Å²) in [6.07, 6.45) is 1.88. The SMILES string of the molecule is CC1(C)CCN(I)CCC1O. The molecule has 0 saturated carbocycles. The molecule has 1 N–H and O–H groups in total. The molecule has 1 heterocycles. The maximum atomic E-state index is 9.70. The third-order valence-corrected chi connectivity index (χ3v) is 3.51. The number of rotatable bonds is 0. The molecule has 0 aromatic rings. The first-order valence-electron chi connectivity index (χ1n) is 4.11. The van der Waals surface area contributed by atoms with Crippen LogP contribution in [0.1, 0.15) is 26.7 Å². The Morgan fingerprint density at radius 1 is 1.45 bits per heavy atom. The summed E-state index contributed by atoms with van der Waals surface area (Å²) < 4.78 is 2.26. The van der Waals surface area contributed by atoms with Crippen LogP contribution in [-0.4, -0.2) is 27.4 Å². The molecule has 1 aliphatic rings. The van der Waals surface area contributed by atoms with Crippen LogP contribution in [0.3, 0.4) is 0 Å². The zero-order valence-corrected chi connectivity index (χ0v) is 9.34. The molecular weight excluding hydrogens is 253 g/mol. The number of hydrogen-bond donors (Lipinski definition) is 1. The van der Waals surface area contributed by atoms with Crippen LogP contribution in [0.4, 0.5) is 0 Å². The number of aliphatic hydroxyl groups excluding tert-OH is 1. The average molecular weight is 269 g/mol. The summed E-state index contributed by atoms with van der Waals surface area (Å²) in [4.78, 5) is 0. The lowest BCUT2D eigenvalue weighted by molar-refractivity contribution is 0.0483. The highest BCUT2D eigenvalue weighted by Crippen LogP contribution is 2.31. The van der Waals surface area contributed by atoms with E-state index in [1.165, 1.54) is 0 Å². The predicted octanol–water partition coefficient (Wildman–Crippen LogP) is 1.82. The number of halogens is 1.